The Labute approximate surface area is 124 Å². The first kappa shape index (κ1) is 15.0. The van der Waals surface area contributed by atoms with E-state index < -0.39 is 0 Å². The molecule has 21 heavy (non-hydrogen) atoms. The van der Waals surface area contributed by atoms with Crippen LogP contribution < -0.4 is 9.47 Å². The van der Waals surface area contributed by atoms with E-state index in [0.717, 1.165) is 17.5 Å². The molecule has 0 bridgehead atoms. The lowest BCUT2D eigenvalue weighted by Gasteiger charge is -2.18. The van der Waals surface area contributed by atoms with E-state index in [2.05, 4.69) is 6.92 Å². The standard InChI is InChI=1S/C17H20O4/c1-4-13(11-5-7-14(18)16(9-11)20-2)12-6-8-15(19)17(10-12)21-3/h5-10,13,18-19H,4H2,1-3H3. The third-order valence-corrected chi connectivity index (χ3v) is 3.62. The molecule has 0 saturated heterocycles. The highest BCUT2D eigenvalue weighted by Gasteiger charge is 2.16. The number of rotatable bonds is 5. The van der Waals surface area contributed by atoms with Gasteiger partial charge in [0.1, 0.15) is 0 Å². The summed E-state index contributed by atoms with van der Waals surface area (Å²) in [6, 6.07) is 10.7. The van der Waals surface area contributed by atoms with Crippen LogP contribution in [0.4, 0.5) is 0 Å². The zero-order valence-corrected chi connectivity index (χ0v) is 12.5. The van der Waals surface area contributed by atoms with Crippen molar-refractivity contribution in [2.24, 2.45) is 0 Å². The Kier molecular flexibility index (Phi) is 4.58. The summed E-state index contributed by atoms with van der Waals surface area (Å²) in [6.45, 7) is 2.09. The van der Waals surface area contributed by atoms with Crippen LogP contribution in [0.5, 0.6) is 23.0 Å². The molecule has 0 aliphatic carbocycles. The SMILES string of the molecule is CCC(c1ccc(O)c(OC)c1)c1ccc(O)c(OC)c1. The molecule has 0 amide bonds. The number of phenols is 2. The predicted molar refractivity (Wildman–Crippen MR) is 81.5 cm³/mol. The highest BCUT2D eigenvalue weighted by molar-refractivity contribution is 5.48. The van der Waals surface area contributed by atoms with Crippen LogP contribution in [0.1, 0.15) is 30.4 Å². The highest BCUT2D eigenvalue weighted by Crippen LogP contribution is 2.37. The average molecular weight is 288 g/mol. The lowest BCUT2D eigenvalue weighted by atomic mass is 9.88. The second kappa shape index (κ2) is 6.39. The molecule has 2 rings (SSSR count). The Morgan fingerprint density at radius 1 is 0.857 bits per heavy atom. The van der Waals surface area contributed by atoms with Crippen LogP contribution in [0.25, 0.3) is 0 Å². The van der Waals surface area contributed by atoms with Gasteiger partial charge in [-0.05, 0) is 41.8 Å². The van der Waals surface area contributed by atoms with Crippen molar-refractivity contribution in [3.8, 4) is 23.0 Å². The van der Waals surface area contributed by atoms with E-state index in [0.29, 0.717) is 11.5 Å². The second-order valence-electron chi connectivity index (χ2n) is 4.82. The molecule has 4 nitrogen and oxygen atoms in total. The van der Waals surface area contributed by atoms with Crippen molar-refractivity contribution in [1.82, 2.24) is 0 Å². The fourth-order valence-corrected chi connectivity index (χ4v) is 2.49. The second-order valence-corrected chi connectivity index (χ2v) is 4.82. The van der Waals surface area contributed by atoms with Gasteiger partial charge in [-0.3, -0.25) is 0 Å². The van der Waals surface area contributed by atoms with Crippen LogP contribution in [0, 0.1) is 0 Å². The molecule has 0 heterocycles. The number of ether oxygens (including phenoxy) is 2. The Balaban J connectivity index is 2.44. The van der Waals surface area contributed by atoms with Gasteiger partial charge in [0.2, 0.25) is 0 Å². The fraction of sp³-hybridized carbons (Fsp3) is 0.294. The monoisotopic (exact) mass is 288 g/mol. The van der Waals surface area contributed by atoms with Gasteiger partial charge < -0.3 is 19.7 Å². The van der Waals surface area contributed by atoms with Crippen LogP contribution in [-0.4, -0.2) is 24.4 Å². The molecule has 0 aromatic heterocycles. The molecule has 0 radical (unpaired) electrons. The minimum Gasteiger partial charge on any atom is -0.504 e. The van der Waals surface area contributed by atoms with E-state index in [4.69, 9.17) is 9.47 Å². The number of hydrogen-bond donors (Lipinski definition) is 2. The number of benzene rings is 2. The molecule has 2 aromatic rings. The first-order valence-corrected chi connectivity index (χ1v) is 6.84. The molecule has 0 fully saturated rings. The van der Waals surface area contributed by atoms with Crippen molar-refractivity contribution in [1.29, 1.82) is 0 Å². The molecule has 4 heteroatoms. The maximum Gasteiger partial charge on any atom is 0.160 e. The third kappa shape index (κ3) is 3.05. The maximum atomic E-state index is 9.70. The number of phenolic OH excluding ortho intramolecular Hbond substituents is 2. The van der Waals surface area contributed by atoms with Crippen LogP contribution in [0.3, 0.4) is 0 Å². The van der Waals surface area contributed by atoms with Crippen LogP contribution in [-0.2, 0) is 0 Å². The molecule has 0 aliphatic heterocycles. The number of hydrogen-bond acceptors (Lipinski definition) is 4. The summed E-state index contributed by atoms with van der Waals surface area (Å²) in [5.74, 6) is 1.29. The van der Waals surface area contributed by atoms with Crippen molar-refractivity contribution < 1.29 is 19.7 Å². The molecule has 0 spiro atoms. The van der Waals surface area contributed by atoms with Gasteiger partial charge in [0.05, 0.1) is 14.2 Å². The van der Waals surface area contributed by atoms with Gasteiger partial charge in [-0.15, -0.1) is 0 Å². The van der Waals surface area contributed by atoms with Gasteiger partial charge in [-0.2, -0.15) is 0 Å². The highest BCUT2D eigenvalue weighted by atomic mass is 16.5. The summed E-state index contributed by atoms with van der Waals surface area (Å²) in [5.41, 5.74) is 2.08. The Morgan fingerprint density at radius 3 is 1.62 bits per heavy atom. The van der Waals surface area contributed by atoms with Gasteiger partial charge >= 0.3 is 0 Å². The molecule has 0 unspecified atom stereocenters. The summed E-state index contributed by atoms with van der Waals surface area (Å²) in [4.78, 5) is 0. The van der Waals surface area contributed by atoms with E-state index in [9.17, 15) is 10.2 Å². The smallest absolute Gasteiger partial charge is 0.160 e. The first-order valence-electron chi connectivity index (χ1n) is 6.84. The van der Waals surface area contributed by atoms with Crippen molar-refractivity contribution in [3.05, 3.63) is 47.5 Å². The summed E-state index contributed by atoms with van der Waals surface area (Å²) in [7, 11) is 3.06. The van der Waals surface area contributed by atoms with Gasteiger partial charge in [0, 0.05) is 5.92 Å². The predicted octanol–water partition coefficient (Wildman–Crippen LogP) is 3.66. The molecule has 112 valence electrons. The summed E-state index contributed by atoms with van der Waals surface area (Å²) < 4.78 is 10.3. The maximum absolute atomic E-state index is 9.70. The van der Waals surface area contributed by atoms with Crippen LogP contribution in [0.15, 0.2) is 36.4 Å². The van der Waals surface area contributed by atoms with Gasteiger partial charge in [0.15, 0.2) is 23.0 Å². The van der Waals surface area contributed by atoms with Gasteiger partial charge in [-0.25, -0.2) is 0 Å². The van der Waals surface area contributed by atoms with E-state index in [1.165, 1.54) is 14.2 Å². The Bertz CT molecular complexity index is 569. The Hall–Kier alpha value is -2.36. The Morgan fingerprint density at radius 2 is 1.29 bits per heavy atom. The van der Waals surface area contributed by atoms with Gasteiger partial charge in [-0.1, -0.05) is 19.1 Å². The van der Waals surface area contributed by atoms with Crippen molar-refractivity contribution in [3.63, 3.8) is 0 Å². The minimum absolute atomic E-state index is 0.124. The van der Waals surface area contributed by atoms with Crippen LogP contribution >= 0.6 is 0 Å². The molecule has 0 atom stereocenters. The summed E-state index contributed by atoms with van der Waals surface area (Å²) >= 11 is 0. The van der Waals surface area contributed by atoms with Crippen LogP contribution in [0.2, 0.25) is 0 Å². The summed E-state index contributed by atoms with van der Waals surface area (Å²) in [5, 5.41) is 19.4. The number of aromatic hydroxyl groups is 2. The van der Waals surface area contributed by atoms with E-state index >= 15 is 0 Å². The molecular weight excluding hydrogens is 268 g/mol. The normalized spacial score (nSPS) is 10.7. The van der Waals surface area contributed by atoms with E-state index in [-0.39, 0.29) is 17.4 Å². The quantitative estimate of drug-likeness (QED) is 0.881. The summed E-state index contributed by atoms with van der Waals surface area (Å²) in [6.07, 6.45) is 0.877. The first-order chi connectivity index (χ1) is 10.1. The van der Waals surface area contributed by atoms with Crippen molar-refractivity contribution >= 4 is 0 Å². The molecule has 0 aliphatic rings. The molecular formula is C17H20O4. The molecule has 2 N–H and O–H groups in total. The topological polar surface area (TPSA) is 58.9 Å². The lowest BCUT2D eigenvalue weighted by Crippen LogP contribution is -2.01. The number of methoxy groups -OCH3 is 2. The van der Waals surface area contributed by atoms with Crippen molar-refractivity contribution in [2.75, 3.05) is 14.2 Å². The van der Waals surface area contributed by atoms with E-state index in [1.807, 2.05) is 24.3 Å². The zero-order chi connectivity index (χ0) is 15.4. The lowest BCUT2D eigenvalue weighted by molar-refractivity contribution is 0.371. The van der Waals surface area contributed by atoms with E-state index in [1.54, 1.807) is 12.1 Å². The zero-order valence-electron chi connectivity index (χ0n) is 12.5. The largest absolute Gasteiger partial charge is 0.504 e. The van der Waals surface area contributed by atoms with Crippen molar-refractivity contribution in [2.45, 2.75) is 19.3 Å². The average Bonchev–Trinajstić information content (AvgIpc) is 2.51. The molecule has 0 saturated carbocycles. The minimum atomic E-state index is 0.124. The fourth-order valence-electron chi connectivity index (χ4n) is 2.49. The van der Waals surface area contributed by atoms with Gasteiger partial charge in [0.25, 0.3) is 0 Å². The third-order valence-electron chi connectivity index (χ3n) is 3.62. The molecule has 2 aromatic carbocycles.